The molecule has 0 aliphatic carbocycles. The van der Waals surface area contributed by atoms with Crippen LogP contribution in [-0.2, 0) is 27.6 Å². The molecule has 2 aromatic rings. The van der Waals surface area contributed by atoms with Crippen molar-refractivity contribution in [2.75, 3.05) is 18.6 Å². The van der Waals surface area contributed by atoms with Crippen molar-refractivity contribution in [2.24, 2.45) is 0 Å². The predicted octanol–water partition coefficient (Wildman–Crippen LogP) is 2.45. The lowest BCUT2D eigenvalue weighted by molar-refractivity contribution is -0.133. The molecule has 0 aromatic heterocycles. The zero-order chi connectivity index (χ0) is 18.6. The summed E-state index contributed by atoms with van der Waals surface area (Å²) in [6.45, 7) is 0.420. The van der Waals surface area contributed by atoms with Gasteiger partial charge in [0, 0.05) is 12.6 Å². The SMILES string of the molecule is COc1cccc(CC(=O)N(Cc2ccccc2)[C@H]2CCS(=O)(=O)C2)c1. The van der Waals surface area contributed by atoms with Gasteiger partial charge in [-0.1, -0.05) is 42.5 Å². The van der Waals surface area contributed by atoms with Gasteiger partial charge in [-0.25, -0.2) is 8.42 Å². The van der Waals surface area contributed by atoms with Crippen molar-refractivity contribution in [2.45, 2.75) is 25.4 Å². The molecule has 3 rings (SSSR count). The second kappa shape index (κ2) is 7.91. The minimum absolute atomic E-state index is 0.0453. The molecule has 26 heavy (non-hydrogen) atoms. The zero-order valence-corrected chi connectivity index (χ0v) is 15.6. The molecule has 0 spiro atoms. The fourth-order valence-corrected chi connectivity index (χ4v) is 5.01. The fraction of sp³-hybridized carbons (Fsp3) is 0.350. The maximum atomic E-state index is 13.0. The normalized spacial score (nSPS) is 18.4. The Bertz CT molecular complexity index is 864. The summed E-state index contributed by atoms with van der Waals surface area (Å²) in [4.78, 5) is 14.7. The Balaban J connectivity index is 1.80. The van der Waals surface area contributed by atoms with Gasteiger partial charge in [0.25, 0.3) is 0 Å². The van der Waals surface area contributed by atoms with Crippen molar-refractivity contribution in [1.82, 2.24) is 4.90 Å². The molecule has 1 aliphatic rings. The summed E-state index contributed by atoms with van der Waals surface area (Å²) in [5, 5.41) is 0. The van der Waals surface area contributed by atoms with Gasteiger partial charge in [0.15, 0.2) is 9.84 Å². The molecule has 0 unspecified atom stereocenters. The topological polar surface area (TPSA) is 63.7 Å². The van der Waals surface area contributed by atoms with Crippen LogP contribution in [0.5, 0.6) is 5.75 Å². The minimum Gasteiger partial charge on any atom is -0.497 e. The van der Waals surface area contributed by atoms with Gasteiger partial charge in [0.1, 0.15) is 5.75 Å². The summed E-state index contributed by atoms with van der Waals surface area (Å²) in [5.74, 6) is 0.830. The third-order valence-electron chi connectivity index (χ3n) is 4.65. The van der Waals surface area contributed by atoms with Crippen molar-refractivity contribution in [1.29, 1.82) is 0 Å². The highest BCUT2D eigenvalue weighted by molar-refractivity contribution is 7.91. The third kappa shape index (κ3) is 4.64. The van der Waals surface area contributed by atoms with Crippen molar-refractivity contribution in [3.8, 4) is 5.75 Å². The molecule has 0 bridgehead atoms. The molecule has 0 N–H and O–H groups in total. The van der Waals surface area contributed by atoms with E-state index >= 15 is 0 Å². The van der Waals surface area contributed by atoms with E-state index in [2.05, 4.69) is 0 Å². The van der Waals surface area contributed by atoms with Crippen LogP contribution >= 0.6 is 0 Å². The number of carbonyl (C=O) groups is 1. The number of sulfone groups is 1. The Morgan fingerprint density at radius 3 is 2.50 bits per heavy atom. The van der Waals surface area contributed by atoms with Gasteiger partial charge >= 0.3 is 0 Å². The molecule has 0 saturated carbocycles. The number of hydrogen-bond donors (Lipinski definition) is 0. The first kappa shape index (κ1) is 18.5. The molecule has 6 heteroatoms. The average molecular weight is 373 g/mol. The first-order chi connectivity index (χ1) is 12.5. The molecule has 138 valence electrons. The molecule has 0 radical (unpaired) electrons. The minimum atomic E-state index is -3.06. The monoisotopic (exact) mass is 373 g/mol. The summed E-state index contributed by atoms with van der Waals surface area (Å²) in [7, 11) is -1.47. The van der Waals surface area contributed by atoms with Gasteiger partial charge in [0.2, 0.25) is 5.91 Å². The zero-order valence-electron chi connectivity index (χ0n) is 14.8. The standard InChI is InChI=1S/C20H23NO4S/c1-25-19-9-5-8-17(12-19)13-20(22)21(14-16-6-3-2-4-7-16)18-10-11-26(23,24)15-18/h2-9,12,18H,10-11,13-15H2,1H3/t18-/m0/s1. The molecule has 2 aromatic carbocycles. The van der Waals surface area contributed by atoms with E-state index in [0.29, 0.717) is 18.7 Å². The van der Waals surface area contributed by atoms with Crippen LogP contribution in [0.2, 0.25) is 0 Å². The van der Waals surface area contributed by atoms with Gasteiger partial charge in [-0.15, -0.1) is 0 Å². The van der Waals surface area contributed by atoms with Gasteiger partial charge in [-0.05, 0) is 29.7 Å². The summed E-state index contributed by atoms with van der Waals surface area (Å²) < 4.78 is 29.0. The highest BCUT2D eigenvalue weighted by Crippen LogP contribution is 2.22. The van der Waals surface area contributed by atoms with Crippen LogP contribution in [-0.4, -0.2) is 43.9 Å². The summed E-state index contributed by atoms with van der Waals surface area (Å²) in [6.07, 6.45) is 0.722. The number of methoxy groups -OCH3 is 1. The lowest BCUT2D eigenvalue weighted by atomic mass is 10.1. The quantitative estimate of drug-likeness (QED) is 0.780. The number of benzene rings is 2. The van der Waals surface area contributed by atoms with Crippen LogP contribution in [0.4, 0.5) is 0 Å². The summed E-state index contributed by atoms with van der Waals surface area (Å²) in [6, 6.07) is 16.8. The molecular formula is C20H23NO4S. The Kier molecular flexibility index (Phi) is 5.61. The van der Waals surface area contributed by atoms with Crippen LogP contribution in [0, 0.1) is 0 Å². The number of amides is 1. The molecule has 1 amide bonds. The number of nitrogens with zero attached hydrogens (tertiary/aromatic N) is 1. The molecule has 1 fully saturated rings. The van der Waals surface area contributed by atoms with E-state index in [1.807, 2.05) is 54.6 Å². The largest absolute Gasteiger partial charge is 0.497 e. The van der Waals surface area contributed by atoms with E-state index in [4.69, 9.17) is 4.74 Å². The molecule has 1 atom stereocenters. The number of carbonyl (C=O) groups excluding carboxylic acids is 1. The molecule has 1 heterocycles. The van der Waals surface area contributed by atoms with E-state index in [1.54, 1.807) is 12.0 Å². The average Bonchev–Trinajstić information content (AvgIpc) is 3.00. The third-order valence-corrected chi connectivity index (χ3v) is 6.41. The number of rotatable bonds is 6. The van der Waals surface area contributed by atoms with E-state index in [0.717, 1.165) is 11.1 Å². The van der Waals surface area contributed by atoms with Crippen molar-refractivity contribution < 1.29 is 17.9 Å². The van der Waals surface area contributed by atoms with Gasteiger partial charge < -0.3 is 9.64 Å². The van der Waals surface area contributed by atoms with Gasteiger partial charge in [-0.2, -0.15) is 0 Å². The number of ether oxygens (including phenoxy) is 1. The summed E-state index contributed by atoms with van der Waals surface area (Å²) >= 11 is 0. The maximum absolute atomic E-state index is 13.0. The highest BCUT2D eigenvalue weighted by Gasteiger charge is 2.34. The van der Waals surface area contributed by atoms with Crippen LogP contribution in [0.15, 0.2) is 54.6 Å². The molecule has 5 nitrogen and oxygen atoms in total. The van der Waals surface area contributed by atoms with Gasteiger partial charge in [0.05, 0.1) is 25.0 Å². The van der Waals surface area contributed by atoms with Crippen molar-refractivity contribution in [3.05, 3.63) is 65.7 Å². The van der Waals surface area contributed by atoms with E-state index in [9.17, 15) is 13.2 Å². The second-order valence-corrected chi connectivity index (χ2v) is 8.82. The predicted molar refractivity (Wildman–Crippen MR) is 101 cm³/mol. The van der Waals surface area contributed by atoms with Gasteiger partial charge in [-0.3, -0.25) is 4.79 Å². The molecule has 1 saturated heterocycles. The lowest BCUT2D eigenvalue weighted by Crippen LogP contribution is -2.41. The smallest absolute Gasteiger partial charge is 0.227 e. The second-order valence-electron chi connectivity index (χ2n) is 6.59. The maximum Gasteiger partial charge on any atom is 0.227 e. The first-order valence-electron chi connectivity index (χ1n) is 8.63. The van der Waals surface area contributed by atoms with E-state index in [-0.39, 0.29) is 29.9 Å². The molecular weight excluding hydrogens is 350 g/mol. The van der Waals surface area contributed by atoms with Crippen molar-refractivity contribution in [3.63, 3.8) is 0 Å². The highest BCUT2D eigenvalue weighted by atomic mass is 32.2. The summed E-state index contributed by atoms with van der Waals surface area (Å²) in [5.41, 5.74) is 1.85. The first-order valence-corrected chi connectivity index (χ1v) is 10.5. The van der Waals surface area contributed by atoms with Crippen LogP contribution in [0.25, 0.3) is 0 Å². The van der Waals surface area contributed by atoms with E-state index < -0.39 is 9.84 Å². The molecule has 1 aliphatic heterocycles. The Labute approximate surface area is 154 Å². The van der Waals surface area contributed by atoms with Crippen molar-refractivity contribution >= 4 is 15.7 Å². The fourth-order valence-electron chi connectivity index (χ4n) is 3.28. The lowest BCUT2D eigenvalue weighted by Gasteiger charge is -2.28. The Morgan fingerprint density at radius 2 is 1.85 bits per heavy atom. The Hall–Kier alpha value is -2.34. The van der Waals surface area contributed by atoms with E-state index in [1.165, 1.54) is 0 Å². The van der Waals surface area contributed by atoms with Crippen LogP contribution in [0.1, 0.15) is 17.5 Å². The Morgan fingerprint density at radius 1 is 1.12 bits per heavy atom. The van der Waals surface area contributed by atoms with Crippen LogP contribution in [0.3, 0.4) is 0 Å². The number of hydrogen-bond acceptors (Lipinski definition) is 4. The van der Waals surface area contributed by atoms with Crippen LogP contribution < -0.4 is 4.74 Å².